The number of benzene rings is 2. The first kappa shape index (κ1) is 18.6. The summed E-state index contributed by atoms with van der Waals surface area (Å²) in [6, 6.07) is 15.4. The Kier molecular flexibility index (Phi) is 5.36. The molecule has 1 saturated carbocycles. The summed E-state index contributed by atoms with van der Waals surface area (Å²) in [5, 5.41) is 6.81. The molecular formula is C21H22N4O2S. The van der Waals surface area contributed by atoms with Crippen LogP contribution in [0.2, 0.25) is 0 Å². The lowest BCUT2D eigenvalue weighted by Crippen LogP contribution is -2.30. The average Bonchev–Trinajstić information content (AvgIpc) is 3.38. The minimum atomic E-state index is -0.122. The standard InChI is InChI=1S/C21H22N4O2S/c1-25(13-20-24-17-7-2-3-8-18(17)28-20)12-19(26)22-16-6-4-5-14(11-16)21(27)23-15-9-10-15/h2-8,11,15H,9-10,12-13H2,1H3,(H,22,26)(H,23,27). The third kappa shape index (κ3) is 4.74. The van der Waals surface area contributed by atoms with Gasteiger partial charge in [-0.05, 0) is 50.2 Å². The van der Waals surface area contributed by atoms with Gasteiger partial charge in [-0.15, -0.1) is 11.3 Å². The van der Waals surface area contributed by atoms with Crippen LogP contribution in [0, 0.1) is 0 Å². The first-order chi connectivity index (χ1) is 13.6. The van der Waals surface area contributed by atoms with Crippen LogP contribution in [0.4, 0.5) is 5.69 Å². The smallest absolute Gasteiger partial charge is 0.251 e. The molecule has 0 atom stereocenters. The van der Waals surface area contributed by atoms with Crippen LogP contribution in [-0.4, -0.2) is 41.3 Å². The van der Waals surface area contributed by atoms with Crippen molar-refractivity contribution in [2.75, 3.05) is 18.9 Å². The van der Waals surface area contributed by atoms with Crippen molar-refractivity contribution in [1.29, 1.82) is 0 Å². The van der Waals surface area contributed by atoms with Crippen molar-refractivity contribution < 1.29 is 9.59 Å². The lowest BCUT2D eigenvalue weighted by Gasteiger charge is -2.15. The normalized spacial score (nSPS) is 13.6. The minimum Gasteiger partial charge on any atom is -0.349 e. The molecule has 2 amide bonds. The Morgan fingerprint density at radius 2 is 2.00 bits per heavy atom. The van der Waals surface area contributed by atoms with Crippen LogP contribution < -0.4 is 10.6 Å². The Morgan fingerprint density at radius 3 is 2.79 bits per heavy atom. The minimum absolute atomic E-state index is 0.0912. The summed E-state index contributed by atoms with van der Waals surface area (Å²) in [7, 11) is 1.89. The quantitative estimate of drug-likeness (QED) is 0.645. The van der Waals surface area contributed by atoms with Crippen molar-refractivity contribution in [1.82, 2.24) is 15.2 Å². The molecule has 6 nitrogen and oxygen atoms in total. The third-order valence-electron chi connectivity index (χ3n) is 4.48. The number of para-hydroxylation sites is 1. The average molecular weight is 395 g/mol. The largest absolute Gasteiger partial charge is 0.349 e. The lowest BCUT2D eigenvalue weighted by atomic mass is 10.2. The number of nitrogens with zero attached hydrogens (tertiary/aromatic N) is 2. The fraction of sp³-hybridized carbons (Fsp3) is 0.286. The van der Waals surface area contributed by atoms with E-state index in [-0.39, 0.29) is 18.4 Å². The number of nitrogens with one attached hydrogen (secondary N) is 2. The molecule has 7 heteroatoms. The summed E-state index contributed by atoms with van der Waals surface area (Å²) in [4.78, 5) is 31.1. The van der Waals surface area contributed by atoms with Crippen molar-refractivity contribution >= 4 is 39.1 Å². The van der Waals surface area contributed by atoms with E-state index in [1.807, 2.05) is 30.1 Å². The second kappa shape index (κ2) is 8.08. The second-order valence-electron chi connectivity index (χ2n) is 7.12. The highest BCUT2D eigenvalue weighted by atomic mass is 32.1. The zero-order valence-corrected chi connectivity index (χ0v) is 16.5. The van der Waals surface area contributed by atoms with Gasteiger partial charge in [-0.25, -0.2) is 4.98 Å². The number of hydrogen-bond donors (Lipinski definition) is 2. The molecule has 28 heavy (non-hydrogen) atoms. The molecule has 1 aliphatic rings. The molecule has 0 unspecified atom stereocenters. The number of carbonyl (C=O) groups is 2. The number of aromatic nitrogens is 1. The van der Waals surface area contributed by atoms with E-state index >= 15 is 0 Å². The molecule has 1 aliphatic carbocycles. The van der Waals surface area contributed by atoms with Gasteiger partial charge < -0.3 is 10.6 Å². The molecule has 144 valence electrons. The van der Waals surface area contributed by atoms with Crippen LogP contribution in [-0.2, 0) is 11.3 Å². The molecule has 0 spiro atoms. The summed E-state index contributed by atoms with van der Waals surface area (Å²) >= 11 is 1.64. The molecule has 2 N–H and O–H groups in total. The number of thiazole rings is 1. The van der Waals surface area contributed by atoms with Gasteiger partial charge in [0.05, 0.1) is 23.3 Å². The van der Waals surface area contributed by atoms with E-state index in [0.717, 1.165) is 28.1 Å². The fourth-order valence-corrected chi connectivity index (χ4v) is 4.00. The van der Waals surface area contributed by atoms with Gasteiger partial charge in [0.25, 0.3) is 5.91 Å². The van der Waals surface area contributed by atoms with Crippen molar-refractivity contribution in [2.24, 2.45) is 0 Å². The summed E-state index contributed by atoms with van der Waals surface area (Å²) in [6.07, 6.45) is 2.09. The Balaban J connectivity index is 1.32. The molecule has 2 aromatic carbocycles. The van der Waals surface area contributed by atoms with E-state index in [0.29, 0.717) is 23.8 Å². The van der Waals surface area contributed by atoms with E-state index in [4.69, 9.17) is 0 Å². The Bertz CT molecular complexity index is 979. The Labute approximate surface area is 167 Å². The molecule has 0 bridgehead atoms. The van der Waals surface area contributed by atoms with Crippen molar-refractivity contribution in [3.05, 3.63) is 59.1 Å². The van der Waals surface area contributed by atoms with Crippen LogP contribution in [0.25, 0.3) is 10.2 Å². The highest BCUT2D eigenvalue weighted by Gasteiger charge is 2.23. The van der Waals surface area contributed by atoms with Crippen LogP contribution in [0.1, 0.15) is 28.2 Å². The van der Waals surface area contributed by atoms with Gasteiger partial charge in [0.15, 0.2) is 0 Å². The van der Waals surface area contributed by atoms with Crippen LogP contribution in [0.3, 0.4) is 0 Å². The first-order valence-corrected chi connectivity index (χ1v) is 10.1. The number of amides is 2. The molecule has 1 heterocycles. The third-order valence-corrected chi connectivity index (χ3v) is 5.50. The van der Waals surface area contributed by atoms with Crippen molar-refractivity contribution in [3.63, 3.8) is 0 Å². The second-order valence-corrected chi connectivity index (χ2v) is 8.24. The highest BCUT2D eigenvalue weighted by Crippen LogP contribution is 2.22. The first-order valence-electron chi connectivity index (χ1n) is 9.30. The molecule has 1 aromatic heterocycles. The summed E-state index contributed by atoms with van der Waals surface area (Å²) in [5.41, 5.74) is 2.18. The number of carbonyl (C=O) groups excluding carboxylic acids is 2. The van der Waals surface area contributed by atoms with Gasteiger partial charge in [0, 0.05) is 17.3 Å². The van der Waals surface area contributed by atoms with E-state index in [1.165, 1.54) is 0 Å². The van der Waals surface area contributed by atoms with Crippen LogP contribution in [0.5, 0.6) is 0 Å². The summed E-state index contributed by atoms with van der Waals surface area (Å²) < 4.78 is 1.15. The number of likely N-dealkylation sites (N-methyl/N-ethyl adjacent to an activating group) is 1. The van der Waals surface area contributed by atoms with E-state index in [2.05, 4.69) is 21.7 Å². The zero-order chi connectivity index (χ0) is 19.5. The summed E-state index contributed by atoms with van der Waals surface area (Å²) in [6.45, 7) is 0.852. The topological polar surface area (TPSA) is 74.3 Å². The Morgan fingerprint density at radius 1 is 1.18 bits per heavy atom. The molecule has 0 saturated heterocycles. The van der Waals surface area contributed by atoms with Gasteiger partial charge in [-0.3, -0.25) is 14.5 Å². The zero-order valence-electron chi connectivity index (χ0n) is 15.6. The molecule has 4 rings (SSSR count). The number of rotatable bonds is 7. The van der Waals surface area contributed by atoms with Gasteiger partial charge in [0.2, 0.25) is 5.91 Å². The van der Waals surface area contributed by atoms with Crippen LogP contribution in [0.15, 0.2) is 48.5 Å². The molecular weight excluding hydrogens is 372 g/mol. The maximum Gasteiger partial charge on any atom is 0.251 e. The lowest BCUT2D eigenvalue weighted by molar-refractivity contribution is -0.117. The van der Waals surface area contributed by atoms with Crippen molar-refractivity contribution in [3.8, 4) is 0 Å². The van der Waals surface area contributed by atoms with Gasteiger partial charge in [-0.2, -0.15) is 0 Å². The fourth-order valence-electron chi connectivity index (χ4n) is 2.95. The number of anilines is 1. The molecule has 3 aromatic rings. The van der Waals surface area contributed by atoms with E-state index in [9.17, 15) is 9.59 Å². The molecule has 0 aliphatic heterocycles. The van der Waals surface area contributed by atoms with Gasteiger partial charge in [-0.1, -0.05) is 18.2 Å². The summed E-state index contributed by atoms with van der Waals surface area (Å²) in [5.74, 6) is -0.213. The maximum atomic E-state index is 12.4. The van der Waals surface area contributed by atoms with E-state index < -0.39 is 0 Å². The highest BCUT2D eigenvalue weighted by molar-refractivity contribution is 7.18. The maximum absolute atomic E-state index is 12.4. The van der Waals surface area contributed by atoms with Gasteiger partial charge in [0.1, 0.15) is 5.01 Å². The SMILES string of the molecule is CN(CC(=O)Nc1cccc(C(=O)NC2CC2)c1)Cc1nc2ccccc2s1. The van der Waals surface area contributed by atoms with E-state index in [1.54, 1.807) is 35.6 Å². The predicted molar refractivity (Wildman–Crippen MR) is 112 cm³/mol. The van der Waals surface area contributed by atoms with Crippen LogP contribution >= 0.6 is 11.3 Å². The predicted octanol–water partition coefficient (Wildman–Crippen LogP) is 3.26. The van der Waals surface area contributed by atoms with Crippen molar-refractivity contribution in [2.45, 2.75) is 25.4 Å². The monoisotopic (exact) mass is 394 g/mol. The Hall–Kier alpha value is -2.77. The number of fused-ring (bicyclic) bond motifs is 1. The van der Waals surface area contributed by atoms with Gasteiger partial charge >= 0.3 is 0 Å². The number of hydrogen-bond acceptors (Lipinski definition) is 5. The molecule has 1 fully saturated rings. The molecule has 0 radical (unpaired) electrons.